The van der Waals surface area contributed by atoms with Gasteiger partial charge in [0.2, 0.25) is 0 Å². The summed E-state index contributed by atoms with van der Waals surface area (Å²) in [5.74, 6) is 0.0872. The molecule has 0 atom stereocenters. The number of anilines is 1. The Labute approximate surface area is 127 Å². The van der Waals surface area contributed by atoms with Gasteiger partial charge in [0.1, 0.15) is 5.82 Å². The third kappa shape index (κ3) is 3.93. The molecule has 0 unspecified atom stereocenters. The van der Waals surface area contributed by atoms with Crippen molar-refractivity contribution in [2.24, 2.45) is 0 Å². The van der Waals surface area contributed by atoms with Crippen LogP contribution in [0, 0.1) is 0 Å². The van der Waals surface area contributed by atoms with Crippen LogP contribution in [0.4, 0.5) is 5.82 Å². The molecule has 0 spiro atoms. The van der Waals surface area contributed by atoms with Crippen LogP contribution in [0.2, 0.25) is 5.02 Å². The molecule has 1 aromatic heterocycles. The van der Waals surface area contributed by atoms with Crippen LogP contribution in [0.3, 0.4) is 0 Å². The van der Waals surface area contributed by atoms with E-state index in [9.17, 15) is 16.8 Å². The number of sulfonamides is 1. The zero-order chi connectivity index (χ0) is 15.7. The molecule has 9 heteroatoms. The highest BCUT2D eigenvalue weighted by atomic mass is 35.5. The standard InChI is InChI=1S/C12H11ClN2O4S2/c1-20(16,17)10-3-2-4-11(7-10)21(18,19)15-12-6-5-9(13)8-14-12/h2-8H,1H3,(H,14,15). The predicted octanol–water partition coefficient (Wildman–Crippen LogP) is 1.94. The van der Waals surface area contributed by atoms with E-state index >= 15 is 0 Å². The van der Waals surface area contributed by atoms with Crippen molar-refractivity contribution in [3.05, 3.63) is 47.6 Å². The third-order valence-electron chi connectivity index (χ3n) is 2.51. The first-order valence-electron chi connectivity index (χ1n) is 5.63. The second-order valence-corrected chi connectivity index (χ2v) is 8.35. The molecular formula is C12H11ClN2O4S2. The van der Waals surface area contributed by atoms with Crippen molar-refractivity contribution < 1.29 is 16.8 Å². The van der Waals surface area contributed by atoms with Crippen molar-refractivity contribution in [3.8, 4) is 0 Å². The summed E-state index contributed by atoms with van der Waals surface area (Å²) in [5.41, 5.74) is 0. The molecule has 0 bridgehead atoms. The molecule has 0 radical (unpaired) electrons. The maximum Gasteiger partial charge on any atom is 0.263 e. The molecule has 2 aromatic rings. The number of nitrogens with one attached hydrogen (secondary N) is 1. The number of sulfone groups is 1. The molecule has 6 nitrogen and oxygen atoms in total. The number of rotatable bonds is 4. The summed E-state index contributed by atoms with van der Waals surface area (Å²) < 4.78 is 49.6. The summed E-state index contributed by atoms with van der Waals surface area (Å²) >= 11 is 5.66. The second-order valence-electron chi connectivity index (χ2n) is 4.21. The monoisotopic (exact) mass is 346 g/mol. The fourth-order valence-corrected chi connectivity index (χ4v) is 3.41. The minimum Gasteiger partial charge on any atom is -0.263 e. The lowest BCUT2D eigenvalue weighted by atomic mass is 10.4. The molecule has 1 aromatic carbocycles. The molecule has 112 valence electrons. The first kappa shape index (κ1) is 15.7. The lowest BCUT2D eigenvalue weighted by Crippen LogP contribution is -2.14. The second kappa shape index (κ2) is 5.63. The molecule has 0 aliphatic rings. The van der Waals surface area contributed by atoms with E-state index in [1.54, 1.807) is 0 Å². The maximum atomic E-state index is 12.2. The first-order chi connectivity index (χ1) is 9.68. The van der Waals surface area contributed by atoms with Gasteiger partial charge in [0.05, 0.1) is 14.8 Å². The molecule has 0 saturated carbocycles. The van der Waals surface area contributed by atoms with Crippen LogP contribution in [0.25, 0.3) is 0 Å². The molecule has 2 rings (SSSR count). The van der Waals surface area contributed by atoms with Crippen molar-refractivity contribution >= 4 is 37.3 Å². The van der Waals surface area contributed by atoms with Gasteiger partial charge in [-0.15, -0.1) is 0 Å². The van der Waals surface area contributed by atoms with Crippen LogP contribution in [-0.2, 0) is 19.9 Å². The van der Waals surface area contributed by atoms with Crippen LogP contribution in [0.1, 0.15) is 0 Å². The minimum atomic E-state index is -3.93. The molecule has 1 heterocycles. The number of hydrogen-bond donors (Lipinski definition) is 1. The molecule has 21 heavy (non-hydrogen) atoms. The molecule has 0 aliphatic carbocycles. The number of hydrogen-bond acceptors (Lipinski definition) is 5. The number of nitrogens with zero attached hydrogens (tertiary/aromatic N) is 1. The van der Waals surface area contributed by atoms with Crippen molar-refractivity contribution in [1.29, 1.82) is 0 Å². The van der Waals surface area contributed by atoms with Gasteiger partial charge in [-0.2, -0.15) is 0 Å². The molecule has 0 amide bonds. The zero-order valence-corrected chi connectivity index (χ0v) is 13.2. The fourth-order valence-electron chi connectivity index (χ4n) is 1.50. The van der Waals surface area contributed by atoms with Crippen molar-refractivity contribution in [3.63, 3.8) is 0 Å². The van der Waals surface area contributed by atoms with Gasteiger partial charge in [-0.25, -0.2) is 21.8 Å². The van der Waals surface area contributed by atoms with Crippen molar-refractivity contribution in [2.75, 3.05) is 11.0 Å². The van der Waals surface area contributed by atoms with Crippen LogP contribution in [0.15, 0.2) is 52.4 Å². The molecule has 0 fully saturated rings. The summed E-state index contributed by atoms with van der Waals surface area (Å²) in [6.45, 7) is 0. The Morgan fingerprint density at radius 2 is 1.71 bits per heavy atom. The third-order valence-corrected chi connectivity index (χ3v) is 5.20. The largest absolute Gasteiger partial charge is 0.263 e. The van der Waals surface area contributed by atoms with Gasteiger partial charge in [0, 0.05) is 12.5 Å². The first-order valence-corrected chi connectivity index (χ1v) is 9.38. The van der Waals surface area contributed by atoms with Crippen molar-refractivity contribution in [2.45, 2.75) is 9.79 Å². The summed E-state index contributed by atoms with van der Waals surface area (Å²) in [6.07, 6.45) is 2.30. The Bertz CT molecular complexity index is 862. The van der Waals surface area contributed by atoms with E-state index in [1.165, 1.54) is 36.5 Å². The van der Waals surface area contributed by atoms with E-state index in [4.69, 9.17) is 11.6 Å². The average Bonchev–Trinajstić information content (AvgIpc) is 2.40. The lowest BCUT2D eigenvalue weighted by molar-refractivity contribution is 0.599. The van der Waals surface area contributed by atoms with Crippen LogP contribution < -0.4 is 4.72 Å². The Hall–Kier alpha value is -1.64. The summed E-state index contributed by atoms with van der Waals surface area (Å²) in [4.78, 5) is 3.58. The number of pyridine rings is 1. The van der Waals surface area contributed by atoms with E-state index in [0.717, 1.165) is 12.3 Å². The molecule has 0 saturated heterocycles. The molecule has 1 N–H and O–H groups in total. The number of halogens is 1. The zero-order valence-electron chi connectivity index (χ0n) is 10.8. The van der Waals surface area contributed by atoms with E-state index in [-0.39, 0.29) is 15.6 Å². The van der Waals surface area contributed by atoms with Gasteiger partial charge in [-0.1, -0.05) is 17.7 Å². The number of benzene rings is 1. The minimum absolute atomic E-state index is 0.0746. The van der Waals surface area contributed by atoms with E-state index < -0.39 is 19.9 Å². The normalized spacial score (nSPS) is 12.1. The van der Waals surface area contributed by atoms with Gasteiger partial charge in [0.25, 0.3) is 10.0 Å². The van der Waals surface area contributed by atoms with E-state index in [1.807, 2.05) is 0 Å². The van der Waals surface area contributed by atoms with Crippen molar-refractivity contribution in [1.82, 2.24) is 4.98 Å². The topological polar surface area (TPSA) is 93.2 Å². The Morgan fingerprint density at radius 3 is 2.29 bits per heavy atom. The Balaban J connectivity index is 2.38. The van der Waals surface area contributed by atoms with Gasteiger partial charge in [-0.3, -0.25) is 4.72 Å². The Kier molecular flexibility index (Phi) is 4.22. The molecule has 0 aliphatic heterocycles. The van der Waals surface area contributed by atoms with E-state index in [0.29, 0.717) is 5.02 Å². The number of aromatic nitrogens is 1. The highest BCUT2D eigenvalue weighted by Crippen LogP contribution is 2.19. The summed E-state index contributed by atoms with van der Waals surface area (Å²) in [5, 5.41) is 0.372. The van der Waals surface area contributed by atoms with Gasteiger partial charge in [-0.05, 0) is 30.3 Å². The van der Waals surface area contributed by atoms with Crippen LogP contribution >= 0.6 is 11.6 Å². The SMILES string of the molecule is CS(=O)(=O)c1cccc(S(=O)(=O)Nc2ccc(Cl)cn2)c1. The van der Waals surface area contributed by atoms with Gasteiger partial charge in [0.15, 0.2) is 9.84 Å². The predicted molar refractivity (Wildman–Crippen MR) is 79.6 cm³/mol. The highest BCUT2D eigenvalue weighted by Gasteiger charge is 2.17. The molecular weight excluding hydrogens is 336 g/mol. The maximum absolute atomic E-state index is 12.2. The quantitative estimate of drug-likeness (QED) is 0.913. The fraction of sp³-hybridized carbons (Fsp3) is 0.0833. The highest BCUT2D eigenvalue weighted by molar-refractivity contribution is 7.93. The average molecular weight is 347 g/mol. The Morgan fingerprint density at radius 1 is 1.05 bits per heavy atom. The van der Waals surface area contributed by atoms with Gasteiger partial charge >= 0.3 is 0 Å². The smallest absolute Gasteiger partial charge is 0.263 e. The van der Waals surface area contributed by atoms with E-state index in [2.05, 4.69) is 9.71 Å². The lowest BCUT2D eigenvalue weighted by Gasteiger charge is -2.08. The van der Waals surface area contributed by atoms with Crippen LogP contribution in [0.5, 0.6) is 0 Å². The van der Waals surface area contributed by atoms with Crippen LogP contribution in [-0.4, -0.2) is 28.1 Å². The van der Waals surface area contributed by atoms with Gasteiger partial charge < -0.3 is 0 Å². The summed E-state index contributed by atoms with van der Waals surface area (Å²) in [7, 11) is -7.42. The summed E-state index contributed by atoms with van der Waals surface area (Å²) in [6, 6.07) is 7.97.